The van der Waals surface area contributed by atoms with Crippen molar-refractivity contribution in [3.63, 3.8) is 0 Å². The summed E-state index contributed by atoms with van der Waals surface area (Å²) in [6.07, 6.45) is 5.03. The maximum atomic E-state index is 5.35. The lowest BCUT2D eigenvalue weighted by atomic mass is 9.91. The fraction of sp³-hybridized carbons (Fsp3) is 0.833. The van der Waals surface area contributed by atoms with Crippen molar-refractivity contribution in [2.24, 2.45) is 0 Å². The highest BCUT2D eigenvalue weighted by Gasteiger charge is 2.21. The summed E-state index contributed by atoms with van der Waals surface area (Å²) in [7, 11) is 0. The zero-order chi connectivity index (χ0) is 12.1. The number of aryl methyl sites for hydroxylation is 1. The third-order valence-corrected chi connectivity index (χ3v) is 3.28. The smallest absolute Gasteiger partial charge is 0.230 e. The van der Waals surface area contributed by atoms with Crippen LogP contribution in [0.25, 0.3) is 0 Å². The zero-order valence-electron chi connectivity index (χ0n) is 10.7. The number of hydrogen-bond acceptors (Lipinski definition) is 5. The molecule has 1 aliphatic rings. The quantitative estimate of drug-likeness (QED) is 0.811. The Hall–Kier alpha value is -0.940. The molecular weight excluding hydrogens is 216 g/mol. The Morgan fingerprint density at radius 1 is 1.24 bits per heavy atom. The third kappa shape index (κ3) is 3.78. The molecule has 1 aromatic rings. The third-order valence-electron chi connectivity index (χ3n) is 3.28. The van der Waals surface area contributed by atoms with Gasteiger partial charge in [0.25, 0.3) is 0 Å². The van der Waals surface area contributed by atoms with Crippen LogP contribution in [0.2, 0.25) is 0 Å². The van der Waals surface area contributed by atoms with Crippen LogP contribution in [0.1, 0.15) is 44.4 Å². The Morgan fingerprint density at radius 2 is 2.00 bits per heavy atom. The molecule has 1 saturated carbocycles. The average Bonchev–Trinajstić information content (AvgIpc) is 2.74. The number of rotatable bonds is 5. The minimum Gasteiger partial charge on any atom is -0.424 e. The van der Waals surface area contributed by atoms with Crippen LogP contribution < -0.4 is 10.6 Å². The maximum Gasteiger partial charge on any atom is 0.230 e. The van der Waals surface area contributed by atoms with E-state index in [-0.39, 0.29) is 0 Å². The Balaban J connectivity index is 1.75. The Labute approximate surface area is 102 Å². The Bertz CT molecular complexity index is 337. The van der Waals surface area contributed by atoms with Crippen molar-refractivity contribution in [3.05, 3.63) is 11.8 Å². The van der Waals surface area contributed by atoms with Crippen LogP contribution >= 0.6 is 0 Å². The Morgan fingerprint density at radius 3 is 2.65 bits per heavy atom. The molecule has 0 unspecified atom stereocenters. The molecule has 0 radical (unpaired) electrons. The predicted molar refractivity (Wildman–Crippen MR) is 65.6 cm³/mol. The number of nitrogens with zero attached hydrogens (tertiary/aromatic N) is 2. The second-order valence-electron chi connectivity index (χ2n) is 4.71. The van der Waals surface area contributed by atoms with Gasteiger partial charge in [0.05, 0.1) is 6.54 Å². The van der Waals surface area contributed by atoms with Crippen molar-refractivity contribution >= 4 is 0 Å². The summed E-state index contributed by atoms with van der Waals surface area (Å²) in [6, 6.07) is 1.23. The van der Waals surface area contributed by atoms with Crippen LogP contribution in [0.4, 0.5) is 0 Å². The first kappa shape index (κ1) is 12.5. The van der Waals surface area contributed by atoms with Crippen molar-refractivity contribution in [1.82, 2.24) is 20.8 Å². The van der Waals surface area contributed by atoms with Crippen LogP contribution in [0.3, 0.4) is 0 Å². The van der Waals surface area contributed by atoms with Gasteiger partial charge in [0.1, 0.15) is 0 Å². The van der Waals surface area contributed by atoms with E-state index in [4.69, 9.17) is 4.42 Å². The first-order valence-electron chi connectivity index (χ1n) is 6.53. The number of nitrogens with one attached hydrogen (secondary N) is 2. The molecule has 2 atom stereocenters. The van der Waals surface area contributed by atoms with Gasteiger partial charge in [-0.3, -0.25) is 0 Å². The lowest BCUT2D eigenvalue weighted by molar-refractivity contribution is 0.295. The van der Waals surface area contributed by atoms with Gasteiger partial charge < -0.3 is 15.1 Å². The second-order valence-corrected chi connectivity index (χ2v) is 4.71. The number of aromatic nitrogens is 2. The molecule has 0 aliphatic heterocycles. The van der Waals surface area contributed by atoms with E-state index in [0.29, 0.717) is 30.4 Å². The molecule has 0 saturated heterocycles. The van der Waals surface area contributed by atoms with Gasteiger partial charge in [0.15, 0.2) is 0 Å². The van der Waals surface area contributed by atoms with E-state index in [1.165, 1.54) is 25.7 Å². The molecule has 0 bridgehead atoms. The second kappa shape index (κ2) is 6.12. The largest absolute Gasteiger partial charge is 0.424 e. The molecule has 1 aromatic heterocycles. The van der Waals surface area contributed by atoms with E-state index in [0.717, 1.165) is 6.54 Å². The van der Waals surface area contributed by atoms with Crippen molar-refractivity contribution in [1.29, 1.82) is 0 Å². The predicted octanol–water partition coefficient (Wildman–Crippen LogP) is 1.39. The summed E-state index contributed by atoms with van der Waals surface area (Å²) in [5.41, 5.74) is 0. The van der Waals surface area contributed by atoms with Crippen LogP contribution in [0.5, 0.6) is 0 Å². The molecule has 2 rings (SSSR count). The molecule has 5 nitrogen and oxygen atoms in total. The van der Waals surface area contributed by atoms with Crippen molar-refractivity contribution in [3.8, 4) is 0 Å². The van der Waals surface area contributed by atoms with Gasteiger partial charge in [0, 0.05) is 19.0 Å². The molecule has 5 heteroatoms. The summed E-state index contributed by atoms with van der Waals surface area (Å²) >= 11 is 0. The molecule has 96 valence electrons. The van der Waals surface area contributed by atoms with E-state index in [9.17, 15) is 0 Å². The highest BCUT2D eigenvalue weighted by Crippen LogP contribution is 2.18. The highest BCUT2D eigenvalue weighted by molar-refractivity contribution is 4.84. The Kier molecular flexibility index (Phi) is 4.50. The fourth-order valence-corrected chi connectivity index (χ4v) is 2.49. The van der Waals surface area contributed by atoms with Crippen LogP contribution in [0.15, 0.2) is 4.42 Å². The highest BCUT2D eigenvalue weighted by atomic mass is 16.4. The molecule has 0 spiro atoms. The van der Waals surface area contributed by atoms with Crippen LogP contribution in [0, 0.1) is 6.92 Å². The van der Waals surface area contributed by atoms with Crippen molar-refractivity contribution in [2.45, 2.75) is 58.2 Å². The first-order valence-corrected chi connectivity index (χ1v) is 6.53. The van der Waals surface area contributed by atoms with Gasteiger partial charge in [-0.05, 0) is 25.8 Å². The summed E-state index contributed by atoms with van der Waals surface area (Å²) in [5, 5.41) is 14.8. The molecule has 0 aromatic carbocycles. The average molecular weight is 238 g/mol. The standard InChI is InChI=1S/C12H22N4O/c1-3-13-10-5-4-6-11(7-10)14-8-12-16-15-9(2)17-12/h10-11,13-14H,3-8H2,1-2H3/t10-,11+/m0/s1. The summed E-state index contributed by atoms with van der Waals surface area (Å²) in [4.78, 5) is 0. The molecule has 17 heavy (non-hydrogen) atoms. The SMILES string of the molecule is CCN[C@H]1CCC[C@@H](NCc2nnc(C)o2)C1. The van der Waals surface area contributed by atoms with Gasteiger partial charge in [-0.1, -0.05) is 13.3 Å². The van der Waals surface area contributed by atoms with Gasteiger partial charge in [-0.25, -0.2) is 0 Å². The molecule has 2 N–H and O–H groups in total. The van der Waals surface area contributed by atoms with Crippen molar-refractivity contribution in [2.75, 3.05) is 6.54 Å². The topological polar surface area (TPSA) is 63.0 Å². The zero-order valence-corrected chi connectivity index (χ0v) is 10.7. The van der Waals surface area contributed by atoms with Gasteiger partial charge in [-0.2, -0.15) is 0 Å². The monoisotopic (exact) mass is 238 g/mol. The summed E-state index contributed by atoms with van der Waals surface area (Å²) < 4.78 is 5.35. The van der Waals surface area contributed by atoms with Crippen molar-refractivity contribution < 1.29 is 4.42 Å². The van der Waals surface area contributed by atoms with Gasteiger partial charge in [-0.15, -0.1) is 10.2 Å². The number of hydrogen-bond donors (Lipinski definition) is 2. The molecule has 1 aliphatic carbocycles. The molecule has 0 amide bonds. The summed E-state index contributed by atoms with van der Waals surface area (Å²) in [5.74, 6) is 1.32. The van der Waals surface area contributed by atoms with Crippen LogP contribution in [-0.2, 0) is 6.54 Å². The lowest BCUT2D eigenvalue weighted by Gasteiger charge is -2.30. The summed E-state index contributed by atoms with van der Waals surface area (Å²) in [6.45, 7) is 5.72. The minimum atomic E-state index is 0.569. The molecule has 1 fully saturated rings. The fourth-order valence-electron chi connectivity index (χ4n) is 2.49. The van der Waals surface area contributed by atoms with E-state index < -0.39 is 0 Å². The minimum absolute atomic E-state index is 0.569. The van der Waals surface area contributed by atoms with E-state index in [2.05, 4.69) is 27.8 Å². The first-order chi connectivity index (χ1) is 8.28. The molecule has 1 heterocycles. The van der Waals surface area contributed by atoms with E-state index in [1.807, 2.05) is 6.92 Å². The maximum absolute atomic E-state index is 5.35. The normalized spacial score (nSPS) is 25.1. The van der Waals surface area contributed by atoms with Crippen LogP contribution in [-0.4, -0.2) is 28.8 Å². The van der Waals surface area contributed by atoms with E-state index in [1.54, 1.807) is 0 Å². The van der Waals surface area contributed by atoms with Gasteiger partial charge >= 0.3 is 0 Å². The lowest BCUT2D eigenvalue weighted by Crippen LogP contribution is -2.41. The molecular formula is C12H22N4O. The van der Waals surface area contributed by atoms with E-state index >= 15 is 0 Å². The van der Waals surface area contributed by atoms with Gasteiger partial charge in [0.2, 0.25) is 11.8 Å².